The number of rotatable bonds is 7. The number of ether oxygens (including phenoxy) is 3. The van der Waals surface area contributed by atoms with Gasteiger partial charge in [-0.25, -0.2) is 0 Å². The third-order valence-corrected chi connectivity index (χ3v) is 5.09. The number of hydrogen-bond donors (Lipinski definition) is 0. The summed E-state index contributed by atoms with van der Waals surface area (Å²) in [6.07, 6.45) is 0. The van der Waals surface area contributed by atoms with Gasteiger partial charge < -0.3 is 14.2 Å². The van der Waals surface area contributed by atoms with Crippen molar-refractivity contribution in [3.05, 3.63) is 54.1 Å². The SMILES string of the molecule is CCOC(=O)CSc1nnc(-c2ccccc2)n1Cc1ccc2c(c1)OCO2. The Morgan fingerprint density at radius 1 is 1.14 bits per heavy atom. The van der Waals surface area contributed by atoms with Gasteiger partial charge in [-0.05, 0) is 24.6 Å². The molecule has 0 aliphatic carbocycles. The molecule has 0 saturated carbocycles. The Hall–Kier alpha value is -3.00. The molecular weight excluding hydrogens is 378 g/mol. The summed E-state index contributed by atoms with van der Waals surface area (Å²) in [6, 6.07) is 15.7. The molecule has 144 valence electrons. The lowest BCUT2D eigenvalue weighted by atomic mass is 10.2. The molecule has 2 aromatic carbocycles. The molecule has 0 bridgehead atoms. The maximum atomic E-state index is 11.8. The van der Waals surface area contributed by atoms with Crippen LogP contribution in [0.5, 0.6) is 11.5 Å². The first-order valence-corrected chi connectivity index (χ1v) is 9.88. The van der Waals surface area contributed by atoms with E-state index in [1.165, 1.54) is 11.8 Å². The van der Waals surface area contributed by atoms with Crippen LogP contribution in [-0.4, -0.2) is 39.9 Å². The van der Waals surface area contributed by atoms with Crippen molar-refractivity contribution in [1.29, 1.82) is 0 Å². The average Bonchev–Trinajstić information content (AvgIpc) is 3.34. The molecular formula is C20H19N3O4S. The molecule has 8 heteroatoms. The minimum Gasteiger partial charge on any atom is -0.465 e. The fraction of sp³-hybridized carbons (Fsp3) is 0.250. The van der Waals surface area contributed by atoms with Crippen LogP contribution in [0.4, 0.5) is 0 Å². The summed E-state index contributed by atoms with van der Waals surface area (Å²) in [7, 11) is 0. The summed E-state index contributed by atoms with van der Waals surface area (Å²) < 4.78 is 17.9. The van der Waals surface area contributed by atoms with Crippen molar-refractivity contribution in [2.75, 3.05) is 19.2 Å². The molecule has 0 atom stereocenters. The molecule has 7 nitrogen and oxygen atoms in total. The number of carbonyl (C=O) groups is 1. The number of thioether (sulfide) groups is 1. The predicted octanol–water partition coefficient (Wildman–Crippen LogP) is 3.38. The van der Waals surface area contributed by atoms with Crippen molar-refractivity contribution in [1.82, 2.24) is 14.8 Å². The summed E-state index contributed by atoms with van der Waals surface area (Å²) in [5, 5.41) is 9.33. The zero-order chi connectivity index (χ0) is 19.3. The van der Waals surface area contributed by atoms with Gasteiger partial charge in [0.15, 0.2) is 22.5 Å². The molecule has 0 amide bonds. The summed E-state index contributed by atoms with van der Waals surface area (Å²) in [5.41, 5.74) is 1.98. The summed E-state index contributed by atoms with van der Waals surface area (Å²) in [5.74, 6) is 2.12. The summed E-state index contributed by atoms with van der Waals surface area (Å²) in [4.78, 5) is 11.8. The molecule has 0 radical (unpaired) electrons. The van der Waals surface area contributed by atoms with Crippen LogP contribution in [-0.2, 0) is 16.1 Å². The molecule has 0 fully saturated rings. The number of fused-ring (bicyclic) bond motifs is 1. The van der Waals surface area contributed by atoms with Gasteiger partial charge in [-0.2, -0.15) is 0 Å². The zero-order valence-electron chi connectivity index (χ0n) is 15.3. The second-order valence-corrected chi connectivity index (χ2v) is 6.98. The topological polar surface area (TPSA) is 75.5 Å². The Morgan fingerprint density at radius 3 is 2.79 bits per heavy atom. The molecule has 28 heavy (non-hydrogen) atoms. The maximum absolute atomic E-state index is 11.8. The monoisotopic (exact) mass is 397 g/mol. The van der Waals surface area contributed by atoms with Crippen molar-refractivity contribution >= 4 is 17.7 Å². The van der Waals surface area contributed by atoms with Crippen LogP contribution in [0.1, 0.15) is 12.5 Å². The van der Waals surface area contributed by atoms with Crippen molar-refractivity contribution in [3.63, 3.8) is 0 Å². The van der Waals surface area contributed by atoms with E-state index < -0.39 is 0 Å². The molecule has 1 aliphatic rings. The largest absolute Gasteiger partial charge is 0.465 e. The van der Waals surface area contributed by atoms with Crippen LogP contribution >= 0.6 is 11.8 Å². The number of benzene rings is 2. The van der Waals surface area contributed by atoms with E-state index in [0.717, 1.165) is 28.5 Å². The van der Waals surface area contributed by atoms with Crippen LogP contribution in [0.2, 0.25) is 0 Å². The van der Waals surface area contributed by atoms with Crippen LogP contribution in [0, 0.1) is 0 Å². The highest BCUT2D eigenvalue weighted by atomic mass is 32.2. The lowest BCUT2D eigenvalue weighted by Gasteiger charge is -2.11. The van der Waals surface area contributed by atoms with Gasteiger partial charge >= 0.3 is 5.97 Å². The van der Waals surface area contributed by atoms with Gasteiger partial charge in [-0.1, -0.05) is 48.2 Å². The molecule has 0 spiro atoms. The van der Waals surface area contributed by atoms with E-state index in [2.05, 4.69) is 10.2 Å². The number of hydrogen-bond acceptors (Lipinski definition) is 7. The fourth-order valence-electron chi connectivity index (χ4n) is 2.89. The second-order valence-electron chi connectivity index (χ2n) is 6.04. The summed E-state index contributed by atoms with van der Waals surface area (Å²) >= 11 is 1.31. The second kappa shape index (κ2) is 8.35. The van der Waals surface area contributed by atoms with Crippen LogP contribution in [0.15, 0.2) is 53.7 Å². The zero-order valence-corrected chi connectivity index (χ0v) is 16.1. The van der Waals surface area contributed by atoms with E-state index in [9.17, 15) is 4.79 Å². The first-order valence-electron chi connectivity index (χ1n) is 8.90. The van der Waals surface area contributed by atoms with Gasteiger partial charge in [-0.15, -0.1) is 10.2 Å². The van der Waals surface area contributed by atoms with E-state index in [4.69, 9.17) is 14.2 Å². The smallest absolute Gasteiger partial charge is 0.316 e. The standard InChI is InChI=1S/C20H19N3O4S/c1-2-25-18(24)12-28-20-22-21-19(15-6-4-3-5-7-15)23(20)11-14-8-9-16-17(10-14)27-13-26-16/h3-10H,2,11-13H2,1H3. The maximum Gasteiger partial charge on any atom is 0.316 e. The van der Waals surface area contributed by atoms with Gasteiger partial charge in [-0.3, -0.25) is 9.36 Å². The molecule has 1 aromatic heterocycles. The highest BCUT2D eigenvalue weighted by molar-refractivity contribution is 7.99. The van der Waals surface area contributed by atoms with E-state index in [0.29, 0.717) is 18.3 Å². The first kappa shape index (κ1) is 18.4. The highest BCUT2D eigenvalue weighted by Gasteiger charge is 2.18. The number of nitrogens with zero attached hydrogens (tertiary/aromatic N) is 3. The number of aromatic nitrogens is 3. The van der Waals surface area contributed by atoms with Crippen molar-refractivity contribution in [3.8, 4) is 22.9 Å². The molecule has 4 rings (SSSR count). The van der Waals surface area contributed by atoms with Crippen molar-refractivity contribution < 1.29 is 19.0 Å². The van der Waals surface area contributed by atoms with Gasteiger partial charge in [0, 0.05) is 5.56 Å². The van der Waals surface area contributed by atoms with Gasteiger partial charge in [0.05, 0.1) is 18.9 Å². The highest BCUT2D eigenvalue weighted by Crippen LogP contribution is 2.33. The minimum absolute atomic E-state index is 0.182. The van der Waals surface area contributed by atoms with Crippen LogP contribution in [0.3, 0.4) is 0 Å². The van der Waals surface area contributed by atoms with Gasteiger partial charge in [0.1, 0.15) is 0 Å². The summed E-state index contributed by atoms with van der Waals surface area (Å²) in [6.45, 7) is 2.93. The molecule has 2 heterocycles. The lowest BCUT2D eigenvalue weighted by molar-refractivity contribution is -0.139. The Morgan fingerprint density at radius 2 is 1.96 bits per heavy atom. The quantitative estimate of drug-likeness (QED) is 0.447. The van der Waals surface area contributed by atoms with Gasteiger partial charge in [0.25, 0.3) is 0 Å². The molecule has 0 saturated heterocycles. The number of carbonyl (C=O) groups excluding carboxylic acids is 1. The minimum atomic E-state index is -0.272. The van der Waals surface area contributed by atoms with Crippen molar-refractivity contribution in [2.24, 2.45) is 0 Å². The van der Waals surface area contributed by atoms with E-state index in [1.54, 1.807) is 6.92 Å². The van der Waals surface area contributed by atoms with E-state index in [1.807, 2.05) is 53.1 Å². The van der Waals surface area contributed by atoms with Crippen LogP contribution in [0.25, 0.3) is 11.4 Å². The molecule has 0 unspecified atom stereocenters. The Bertz CT molecular complexity index is 975. The lowest BCUT2D eigenvalue weighted by Crippen LogP contribution is -2.09. The van der Waals surface area contributed by atoms with Gasteiger partial charge in [0.2, 0.25) is 6.79 Å². The molecule has 0 N–H and O–H groups in total. The van der Waals surface area contributed by atoms with Crippen molar-refractivity contribution in [2.45, 2.75) is 18.6 Å². The van der Waals surface area contributed by atoms with E-state index in [-0.39, 0.29) is 18.5 Å². The Balaban J connectivity index is 1.64. The Labute approximate surface area is 166 Å². The molecule has 3 aromatic rings. The third kappa shape index (κ3) is 3.96. The number of esters is 1. The van der Waals surface area contributed by atoms with Crippen LogP contribution < -0.4 is 9.47 Å². The predicted molar refractivity (Wildman–Crippen MR) is 104 cm³/mol. The first-order chi connectivity index (χ1) is 13.7. The molecule has 1 aliphatic heterocycles. The third-order valence-electron chi connectivity index (χ3n) is 4.15. The normalized spacial score (nSPS) is 12.2. The average molecular weight is 397 g/mol. The Kier molecular flexibility index (Phi) is 5.48. The fourth-order valence-corrected chi connectivity index (χ4v) is 3.62. The van der Waals surface area contributed by atoms with E-state index >= 15 is 0 Å².